The van der Waals surface area contributed by atoms with E-state index in [1.54, 1.807) is 6.26 Å². The van der Waals surface area contributed by atoms with E-state index in [0.717, 1.165) is 44.1 Å². The summed E-state index contributed by atoms with van der Waals surface area (Å²) in [6.45, 7) is 3.62. The van der Waals surface area contributed by atoms with Gasteiger partial charge in [0.25, 0.3) is 0 Å². The van der Waals surface area contributed by atoms with Crippen LogP contribution in [0.5, 0.6) is 0 Å². The van der Waals surface area contributed by atoms with Crippen molar-refractivity contribution >= 4 is 0 Å². The van der Waals surface area contributed by atoms with E-state index in [2.05, 4.69) is 34.0 Å². The third kappa shape index (κ3) is 3.24. The number of rotatable bonds is 5. The highest BCUT2D eigenvalue weighted by Gasteiger charge is 2.45. The number of likely N-dealkylation sites (N-methyl/N-ethyl adjacent to an activating group) is 1. The molecule has 4 heterocycles. The van der Waals surface area contributed by atoms with Gasteiger partial charge in [0.15, 0.2) is 0 Å². The zero-order valence-electron chi connectivity index (χ0n) is 14.2. The fraction of sp³-hybridized carbons (Fsp3) is 0.526. The summed E-state index contributed by atoms with van der Waals surface area (Å²) in [6, 6.07) is 11.0. The van der Waals surface area contributed by atoms with Crippen LogP contribution in [-0.4, -0.2) is 53.2 Å². The van der Waals surface area contributed by atoms with Crippen molar-refractivity contribution in [2.24, 2.45) is 0 Å². The highest BCUT2D eigenvalue weighted by Crippen LogP contribution is 2.32. The van der Waals surface area contributed by atoms with E-state index in [1.165, 1.54) is 6.42 Å². The maximum absolute atomic E-state index is 6.19. The van der Waals surface area contributed by atoms with Crippen LogP contribution in [-0.2, 0) is 17.8 Å². The molecule has 2 aromatic heterocycles. The highest BCUT2D eigenvalue weighted by molar-refractivity contribution is 5.08. The number of hydrogen-bond acceptors (Lipinski definition) is 5. The average Bonchev–Trinajstić information content (AvgIpc) is 3.24. The monoisotopic (exact) mass is 327 g/mol. The minimum Gasteiger partial charge on any atom is -0.468 e. The van der Waals surface area contributed by atoms with Gasteiger partial charge in [0.1, 0.15) is 5.76 Å². The van der Waals surface area contributed by atoms with Crippen LogP contribution >= 0.6 is 0 Å². The van der Waals surface area contributed by atoms with Gasteiger partial charge in [0.05, 0.1) is 30.6 Å². The third-order valence-electron chi connectivity index (χ3n) is 5.25. The molecule has 2 aliphatic rings. The highest BCUT2D eigenvalue weighted by atomic mass is 16.5. The Morgan fingerprint density at radius 2 is 2.25 bits per heavy atom. The smallest absolute Gasteiger partial charge is 0.117 e. The zero-order valence-corrected chi connectivity index (χ0v) is 14.2. The van der Waals surface area contributed by atoms with Crippen LogP contribution in [0.2, 0.25) is 0 Å². The molecular weight excluding hydrogens is 302 g/mol. The van der Waals surface area contributed by atoms with Crippen LogP contribution < -0.4 is 0 Å². The van der Waals surface area contributed by atoms with E-state index in [1.807, 2.05) is 24.4 Å². The molecule has 0 N–H and O–H groups in total. The van der Waals surface area contributed by atoms with Crippen LogP contribution in [0.15, 0.2) is 47.2 Å². The quantitative estimate of drug-likeness (QED) is 0.844. The van der Waals surface area contributed by atoms with Gasteiger partial charge in [0, 0.05) is 31.9 Å². The van der Waals surface area contributed by atoms with Crippen molar-refractivity contribution in [1.82, 2.24) is 14.8 Å². The molecule has 4 rings (SSSR count). The average molecular weight is 327 g/mol. The van der Waals surface area contributed by atoms with Gasteiger partial charge < -0.3 is 9.15 Å². The molecule has 24 heavy (non-hydrogen) atoms. The predicted octanol–water partition coefficient (Wildman–Crippen LogP) is 2.54. The van der Waals surface area contributed by atoms with Crippen molar-refractivity contribution in [3.63, 3.8) is 0 Å². The second kappa shape index (κ2) is 7.05. The molecule has 2 fully saturated rings. The molecule has 0 saturated carbocycles. The Balaban J connectivity index is 1.48. The van der Waals surface area contributed by atoms with E-state index < -0.39 is 0 Å². The number of pyridine rings is 1. The first-order chi connectivity index (χ1) is 11.8. The zero-order chi connectivity index (χ0) is 16.4. The summed E-state index contributed by atoms with van der Waals surface area (Å²) in [5.74, 6) is 1.01. The van der Waals surface area contributed by atoms with Gasteiger partial charge in [0.2, 0.25) is 0 Å². The van der Waals surface area contributed by atoms with Gasteiger partial charge in [-0.05, 0) is 44.2 Å². The van der Waals surface area contributed by atoms with E-state index in [4.69, 9.17) is 9.15 Å². The first-order valence-corrected chi connectivity index (χ1v) is 8.79. The normalized spacial score (nSPS) is 27.5. The van der Waals surface area contributed by atoms with Crippen molar-refractivity contribution < 1.29 is 9.15 Å². The molecule has 0 aliphatic carbocycles. The molecule has 0 radical (unpaired) electrons. The lowest BCUT2D eigenvalue weighted by Crippen LogP contribution is -2.46. The molecular formula is C19H25N3O2. The fourth-order valence-corrected chi connectivity index (χ4v) is 4.06. The summed E-state index contributed by atoms with van der Waals surface area (Å²) >= 11 is 0. The Labute approximate surface area is 143 Å². The number of nitrogens with zero attached hydrogens (tertiary/aromatic N) is 3. The minimum atomic E-state index is 0.280. The molecule has 128 valence electrons. The summed E-state index contributed by atoms with van der Waals surface area (Å²) in [7, 11) is 2.17. The standard InChI is InChI=1S/C19H25N3O2/c1-21(13-16-7-4-10-23-16)18-14-22(12-15-6-2-3-9-20-15)17-8-5-11-24-19(17)18/h2-4,6-7,9-10,17-19H,5,8,11-14H2,1H3/t17-,18+,19-/m1/s1. The van der Waals surface area contributed by atoms with Gasteiger partial charge in [-0.2, -0.15) is 0 Å². The van der Waals surface area contributed by atoms with E-state index in [9.17, 15) is 0 Å². The third-order valence-corrected chi connectivity index (χ3v) is 5.25. The van der Waals surface area contributed by atoms with Gasteiger partial charge in [-0.1, -0.05) is 6.07 Å². The molecule has 0 spiro atoms. The maximum atomic E-state index is 6.19. The lowest BCUT2D eigenvalue weighted by Gasteiger charge is -2.34. The molecule has 3 atom stereocenters. The molecule has 2 aromatic rings. The van der Waals surface area contributed by atoms with E-state index in [0.29, 0.717) is 12.1 Å². The number of hydrogen-bond donors (Lipinski definition) is 0. The Morgan fingerprint density at radius 3 is 3.04 bits per heavy atom. The Bertz CT molecular complexity index is 631. The predicted molar refractivity (Wildman–Crippen MR) is 91.4 cm³/mol. The van der Waals surface area contributed by atoms with Crippen molar-refractivity contribution in [2.75, 3.05) is 20.2 Å². The van der Waals surface area contributed by atoms with Crippen LogP contribution in [0.1, 0.15) is 24.3 Å². The Hall–Kier alpha value is -1.69. The van der Waals surface area contributed by atoms with Crippen LogP contribution in [0.25, 0.3) is 0 Å². The van der Waals surface area contributed by atoms with Gasteiger partial charge >= 0.3 is 0 Å². The number of furan rings is 1. The second-order valence-corrected chi connectivity index (χ2v) is 6.86. The number of aromatic nitrogens is 1. The first-order valence-electron chi connectivity index (χ1n) is 8.79. The van der Waals surface area contributed by atoms with E-state index in [-0.39, 0.29) is 6.10 Å². The largest absolute Gasteiger partial charge is 0.468 e. The molecule has 0 amide bonds. The number of fused-ring (bicyclic) bond motifs is 1. The molecule has 2 saturated heterocycles. The van der Waals surface area contributed by atoms with Gasteiger partial charge in [-0.25, -0.2) is 0 Å². The molecule has 0 unspecified atom stereocenters. The minimum absolute atomic E-state index is 0.280. The fourth-order valence-electron chi connectivity index (χ4n) is 4.06. The Kier molecular flexibility index (Phi) is 4.65. The van der Waals surface area contributed by atoms with Gasteiger partial charge in [-0.15, -0.1) is 0 Å². The molecule has 2 aliphatic heterocycles. The Morgan fingerprint density at radius 1 is 1.29 bits per heavy atom. The van der Waals surface area contributed by atoms with Crippen molar-refractivity contribution in [2.45, 2.75) is 44.1 Å². The van der Waals surface area contributed by atoms with Crippen molar-refractivity contribution in [3.05, 3.63) is 54.2 Å². The topological polar surface area (TPSA) is 41.7 Å². The van der Waals surface area contributed by atoms with Crippen molar-refractivity contribution in [3.8, 4) is 0 Å². The second-order valence-electron chi connectivity index (χ2n) is 6.86. The van der Waals surface area contributed by atoms with Gasteiger partial charge in [-0.3, -0.25) is 14.8 Å². The number of ether oxygens (including phenoxy) is 1. The SMILES string of the molecule is CN(Cc1ccco1)[C@H]1CN(Cc2ccccn2)[C@@H]2CCCO[C@H]21. The van der Waals surface area contributed by atoms with Crippen LogP contribution in [0, 0.1) is 0 Å². The van der Waals surface area contributed by atoms with E-state index >= 15 is 0 Å². The summed E-state index contributed by atoms with van der Waals surface area (Å²) in [5.41, 5.74) is 1.14. The summed E-state index contributed by atoms with van der Waals surface area (Å²) in [4.78, 5) is 9.43. The molecule has 5 nitrogen and oxygen atoms in total. The maximum Gasteiger partial charge on any atom is 0.117 e. The molecule has 0 bridgehead atoms. The van der Waals surface area contributed by atoms with Crippen LogP contribution in [0.3, 0.4) is 0 Å². The summed E-state index contributed by atoms with van der Waals surface area (Å²) in [6.07, 6.45) is 6.26. The number of likely N-dealkylation sites (tertiary alicyclic amines) is 1. The lowest BCUT2D eigenvalue weighted by atomic mass is 10.00. The van der Waals surface area contributed by atoms with Crippen molar-refractivity contribution in [1.29, 1.82) is 0 Å². The molecule has 0 aromatic carbocycles. The first kappa shape index (κ1) is 15.8. The van der Waals surface area contributed by atoms with Crippen LogP contribution in [0.4, 0.5) is 0 Å². The lowest BCUT2D eigenvalue weighted by molar-refractivity contribution is -0.0392. The summed E-state index contributed by atoms with van der Waals surface area (Å²) < 4.78 is 11.7. The molecule has 5 heteroatoms. The summed E-state index contributed by atoms with van der Waals surface area (Å²) in [5, 5.41) is 0.